The van der Waals surface area contributed by atoms with Crippen molar-refractivity contribution in [2.75, 3.05) is 26.7 Å². The molecule has 1 saturated heterocycles. The number of aromatic nitrogens is 1. The molecule has 1 aromatic carbocycles. The number of likely N-dealkylation sites (tertiary alicyclic amines) is 1. The zero-order valence-electron chi connectivity index (χ0n) is 16.3. The Morgan fingerprint density at radius 3 is 2.85 bits per heavy atom. The van der Waals surface area contributed by atoms with E-state index in [1.165, 1.54) is 27.6 Å². The number of amides is 2. The highest BCUT2D eigenvalue weighted by Gasteiger charge is 2.40. The molecule has 2 N–H and O–H groups in total. The standard InChI is InChI=1S/C21H30N4O/c1-5-25(6-2)21(26)23-15-10-16-17-7-13(3)8-18-20(17)14(11-22-18)9-19(16)24(4)12-15/h7-8,11,15-16,19,22H,5-6,9-10,12H2,1-4H3,(H,23,26)/t15-,16?,19+/m0/s1. The highest BCUT2D eigenvalue weighted by atomic mass is 16.2. The predicted molar refractivity (Wildman–Crippen MR) is 106 cm³/mol. The summed E-state index contributed by atoms with van der Waals surface area (Å²) in [6, 6.07) is 5.39. The number of rotatable bonds is 3. The number of carbonyl (C=O) groups excluding carboxylic acids is 1. The van der Waals surface area contributed by atoms with Gasteiger partial charge in [0.2, 0.25) is 0 Å². The lowest BCUT2D eigenvalue weighted by molar-refractivity contribution is 0.124. The third-order valence-electron chi connectivity index (χ3n) is 6.32. The van der Waals surface area contributed by atoms with Crippen LogP contribution in [-0.2, 0) is 6.42 Å². The van der Waals surface area contributed by atoms with Crippen molar-refractivity contribution in [1.29, 1.82) is 0 Å². The number of urea groups is 1. The number of hydrogen-bond donors (Lipinski definition) is 2. The van der Waals surface area contributed by atoms with Gasteiger partial charge in [0.1, 0.15) is 0 Å². The predicted octanol–water partition coefficient (Wildman–Crippen LogP) is 3.24. The Morgan fingerprint density at radius 1 is 1.35 bits per heavy atom. The molecule has 1 unspecified atom stereocenters. The maximum atomic E-state index is 12.5. The number of hydrogen-bond acceptors (Lipinski definition) is 2. The van der Waals surface area contributed by atoms with E-state index in [0.717, 1.165) is 32.5 Å². The first-order valence-corrected chi connectivity index (χ1v) is 9.88. The first-order valence-electron chi connectivity index (χ1n) is 9.88. The molecule has 2 heterocycles. The summed E-state index contributed by atoms with van der Waals surface area (Å²) in [4.78, 5) is 20.3. The summed E-state index contributed by atoms with van der Waals surface area (Å²) in [6.45, 7) is 8.66. The molecular weight excluding hydrogens is 324 g/mol. The van der Waals surface area contributed by atoms with Gasteiger partial charge in [0.15, 0.2) is 0 Å². The monoisotopic (exact) mass is 354 g/mol. The molecule has 2 aromatic rings. The summed E-state index contributed by atoms with van der Waals surface area (Å²) in [5.74, 6) is 0.474. The summed E-state index contributed by atoms with van der Waals surface area (Å²) in [5, 5.41) is 4.70. The third kappa shape index (κ3) is 2.78. The molecule has 26 heavy (non-hydrogen) atoms. The SMILES string of the molecule is CCN(CC)C(=O)N[C@H]1CC2c3cc(C)cc4[nH]cc(c34)C[C@H]2N(C)C1. The van der Waals surface area contributed by atoms with Crippen LogP contribution in [0.3, 0.4) is 0 Å². The minimum Gasteiger partial charge on any atom is -0.361 e. The second-order valence-corrected chi connectivity index (χ2v) is 7.96. The summed E-state index contributed by atoms with van der Waals surface area (Å²) in [6.07, 6.45) is 4.30. The summed E-state index contributed by atoms with van der Waals surface area (Å²) < 4.78 is 0. The van der Waals surface area contributed by atoms with Gasteiger partial charge in [0.25, 0.3) is 0 Å². The van der Waals surface area contributed by atoms with Gasteiger partial charge in [0, 0.05) is 54.7 Å². The lowest BCUT2D eigenvalue weighted by Gasteiger charge is -2.46. The van der Waals surface area contributed by atoms with Crippen LogP contribution >= 0.6 is 0 Å². The van der Waals surface area contributed by atoms with Crippen LogP contribution in [0.5, 0.6) is 0 Å². The maximum Gasteiger partial charge on any atom is 0.317 e. The number of nitrogens with one attached hydrogen (secondary N) is 2. The smallest absolute Gasteiger partial charge is 0.317 e. The van der Waals surface area contributed by atoms with Crippen molar-refractivity contribution in [2.24, 2.45) is 0 Å². The molecule has 1 aromatic heterocycles. The van der Waals surface area contributed by atoms with E-state index in [1.54, 1.807) is 0 Å². The van der Waals surface area contributed by atoms with Crippen LogP contribution in [0.2, 0.25) is 0 Å². The second-order valence-electron chi connectivity index (χ2n) is 7.96. The van der Waals surface area contributed by atoms with Crippen molar-refractivity contribution in [3.63, 3.8) is 0 Å². The molecule has 1 aliphatic carbocycles. The molecular formula is C21H30N4O. The Balaban J connectivity index is 1.63. The lowest BCUT2D eigenvalue weighted by Crippen LogP contribution is -2.56. The van der Waals surface area contributed by atoms with E-state index in [-0.39, 0.29) is 12.1 Å². The van der Waals surface area contributed by atoms with Gasteiger partial charge in [0.05, 0.1) is 0 Å². The Kier molecular flexibility index (Phi) is 4.43. The topological polar surface area (TPSA) is 51.4 Å². The van der Waals surface area contributed by atoms with Crippen LogP contribution in [0.4, 0.5) is 4.79 Å². The van der Waals surface area contributed by atoms with E-state index >= 15 is 0 Å². The van der Waals surface area contributed by atoms with E-state index < -0.39 is 0 Å². The van der Waals surface area contributed by atoms with Crippen molar-refractivity contribution < 1.29 is 4.79 Å². The number of benzene rings is 1. The Bertz CT molecular complexity index is 823. The van der Waals surface area contributed by atoms with Crippen molar-refractivity contribution >= 4 is 16.9 Å². The Hall–Kier alpha value is -2.01. The first kappa shape index (κ1) is 17.4. The van der Waals surface area contributed by atoms with Crippen LogP contribution in [0.15, 0.2) is 18.3 Å². The number of aryl methyl sites for hydroxylation is 1. The zero-order valence-corrected chi connectivity index (χ0v) is 16.3. The molecule has 3 atom stereocenters. The van der Waals surface area contributed by atoms with Crippen molar-refractivity contribution in [3.05, 3.63) is 35.0 Å². The molecule has 140 valence electrons. The van der Waals surface area contributed by atoms with Crippen LogP contribution in [0.1, 0.15) is 42.9 Å². The van der Waals surface area contributed by atoms with Crippen LogP contribution in [0, 0.1) is 6.92 Å². The fourth-order valence-electron chi connectivity index (χ4n) is 5.04. The van der Waals surface area contributed by atoms with Gasteiger partial charge >= 0.3 is 6.03 Å². The number of likely N-dealkylation sites (N-methyl/N-ethyl adjacent to an activating group) is 1. The minimum atomic E-state index is 0.0689. The lowest BCUT2D eigenvalue weighted by atomic mass is 9.73. The van der Waals surface area contributed by atoms with Gasteiger partial charge in [-0.1, -0.05) is 6.07 Å². The molecule has 5 heteroatoms. The molecule has 5 nitrogen and oxygen atoms in total. The number of piperidine rings is 1. The highest BCUT2D eigenvalue weighted by molar-refractivity contribution is 5.89. The maximum absolute atomic E-state index is 12.5. The highest BCUT2D eigenvalue weighted by Crippen LogP contribution is 2.43. The number of carbonyl (C=O) groups is 1. The van der Waals surface area contributed by atoms with Crippen molar-refractivity contribution in [3.8, 4) is 0 Å². The van der Waals surface area contributed by atoms with E-state index in [0.29, 0.717) is 12.0 Å². The van der Waals surface area contributed by atoms with Gasteiger partial charge in [-0.05, 0) is 63.4 Å². The number of aromatic amines is 1. The van der Waals surface area contributed by atoms with E-state index in [4.69, 9.17) is 0 Å². The van der Waals surface area contributed by atoms with Gasteiger partial charge in [-0.25, -0.2) is 4.79 Å². The molecule has 1 aliphatic heterocycles. The Morgan fingerprint density at radius 2 is 2.12 bits per heavy atom. The van der Waals surface area contributed by atoms with Gasteiger partial charge in [-0.2, -0.15) is 0 Å². The largest absolute Gasteiger partial charge is 0.361 e. The summed E-state index contributed by atoms with van der Waals surface area (Å²) >= 11 is 0. The third-order valence-corrected chi connectivity index (χ3v) is 6.32. The molecule has 2 aliphatic rings. The average Bonchev–Trinajstić information content (AvgIpc) is 3.00. The zero-order chi connectivity index (χ0) is 18.4. The van der Waals surface area contributed by atoms with Gasteiger partial charge in [-0.3, -0.25) is 0 Å². The van der Waals surface area contributed by atoms with Crippen molar-refractivity contribution in [2.45, 2.75) is 51.6 Å². The fourth-order valence-corrected chi connectivity index (χ4v) is 5.04. The van der Waals surface area contributed by atoms with E-state index in [1.807, 2.05) is 18.7 Å². The van der Waals surface area contributed by atoms with Crippen LogP contribution < -0.4 is 5.32 Å². The molecule has 2 amide bonds. The molecule has 1 fully saturated rings. The number of nitrogens with zero attached hydrogens (tertiary/aromatic N) is 2. The average molecular weight is 354 g/mol. The summed E-state index contributed by atoms with van der Waals surface area (Å²) in [7, 11) is 2.21. The Labute approximate surface area is 155 Å². The first-order chi connectivity index (χ1) is 12.5. The van der Waals surface area contributed by atoms with Gasteiger partial charge in [-0.15, -0.1) is 0 Å². The fraction of sp³-hybridized carbons (Fsp3) is 0.571. The molecule has 0 bridgehead atoms. The van der Waals surface area contributed by atoms with E-state index in [9.17, 15) is 4.79 Å². The molecule has 0 saturated carbocycles. The van der Waals surface area contributed by atoms with Crippen LogP contribution in [0.25, 0.3) is 10.9 Å². The molecule has 0 spiro atoms. The number of H-pyrrole nitrogens is 1. The normalized spacial score (nSPS) is 25.2. The number of fused-ring (bicyclic) bond motifs is 2. The van der Waals surface area contributed by atoms with E-state index in [2.05, 4.69) is 47.5 Å². The van der Waals surface area contributed by atoms with Gasteiger partial charge < -0.3 is 20.1 Å². The second kappa shape index (κ2) is 6.62. The quantitative estimate of drug-likeness (QED) is 0.889. The summed E-state index contributed by atoms with van der Waals surface area (Å²) in [5.41, 5.74) is 5.46. The molecule has 4 rings (SSSR count). The molecule has 0 radical (unpaired) electrons. The minimum absolute atomic E-state index is 0.0689. The van der Waals surface area contributed by atoms with Crippen molar-refractivity contribution in [1.82, 2.24) is 20.1 Å². The van der Waals surface area contributed by atoms with Crippen LogP contribution in [-0.4, -0.2) is 59.6 Å².